The minimum Gasteiger partial charge on any atom is -0.331 e. The van der Waals surface area contributed by atoms with Crippen molar-refractivity contribution < 1.29 is 22.3 Å². The van der Waals surface area contributed by atoms with Gasteiger partial charge in [0.1, 0.15) is 0 Å². The molecular formula is C19H23FN2O4S. The molecule has 0 spiro atoms. The van der Waals surface area contributed by atoms with Gasteiger partial charge >= 0.3 is 5.19 Å². The number of nitriles is 1. The van der Waals surface area contributed by atoms with E-state index < -0.39 is 32.5 Å². The monoisotopic (exact) mass is 394 g/mol. The summed E-state index contributed by atoms with van der Waals surface area (Å²) in [6.07, 6.45) is 4.49. The van der Waals surface area contributed by atoms with Crippen molar-refractivity contribution in [2.75, 3.05) is 6.61 Å². The molecule has 0 radical (unpaired) electrons. The average Bonchev–Trinajstić information content (AvgIpc) is 3.53. The number of amides is 1. The van der Waals surface area contributed by atoms with Crippen LogP contribution < -0.4 is 4.72 Å². The molecule has 0 heterocycles. The van der Waals surface area contributed by atoms with Crippen molar-refractivity contribution in [3.63, 3.8) is 0 Å². The third-order valence-corrected chi connectivity index (χ3v) is 6.93. The summed E-state index contributed by atoms with van der Waals surface area (Å²) in [6.45, 7) is -0.295. The molecule has 2 aliphatic rings. The van der Waals surface area contributed by atoms with E-state index in [0.717, 1.165) is 19.3 Å². The molecule has 27 heavy (non-hydrogen) atoms. The van der Waals surface area contributed by atoms with Crippen LogP contribution in [-0.4, -0.2) is 26.1 Å². The van der Waals surface area contributed by atoms with E-state index in [0.29, 0.717) is 25.7 Å². The van der Waals surface area contributed by atoms with Crippen molar-refractivity contribution in [3.8, 4) is 6.07 Å². The number of ether oxygens (including phenoxy) is 1. The van der Waals surface area contributed by atoms with E-state index in [-0.39, 0.29) is 12.2 Å². The fourth-order valence-electron chi connectivity index (χ4n) is 3.44. The topological polar surface area (TPSA) is 96.3 Å². The summed E-state index contributed by atoms with van der Waals surface area (Å²) in [6, 6.07) is 9.93. The van der Waals surface area contributed by atoms with Crippen LogP contribution >= 0.6 is 0 Å². The first-order valence-corrected chi connectivity index (χ1v) is 10.7. The van der Waals surface area contributed by atoms with Crippen LogP contribution in [0, 0.1) is 22.7 Å². The van der Waals surface area contributed by atoms with Gasteiger partial charge in [-0.1, -0.05) is 37.5 Å². The van der Waals surface area contributed by atoms with E-state index in [4.69, 9.17) is 4.74 Å². The second-order valence-electron chi connectivity index (χ2n) is 7.40. The summed E-state index contributed by atoms with van der Waals surface area (Å²) >= 11 is 0. The third-order valence-electron chi connectivity index (χ3n) is 5.29. The van der Waals surface area contributed by atoms with Crippen molar-refractivity contribution >= 4 is 15.9 Å². The Morgan fingerprint density at radius 2 is 1.89 bits per heavy atom. The molecule has 3 rings (SSSR count). The van der Waals surface area contributed by atoms with Gasteiger partial charge in [0.05, 0.1) is 18.1 Å². The number of benzene rings is 1. The highest BCUT2D eigenvalue weighted by molar-refractivity contribution is 7.91. The predicted molar refractivity (Wildman–Crippen MR) is 96.5 cm³/mol. The molecule has 1 amide bonds. The molecule has 0 aromatic heterocycles. The van der Waals surface area contributed by atoms with Gasteiger partial charge in [-0.05, 0) is 37.8 Å². The molecule has 1 unspecified atom stereocenters. The van der Waals surface area contributed by atoms with Crippen LogP contribution in [0.3, 0.4) is 0 Å². The highest BCUT2D eigenvalue weighted by Crippen LogP contribution is 2.47. The first-order valence-electron chi connectivity index (χ1n) is 9.18. The highest BCUT2D eigenvalue weighted by Gasteiger charge is 2.59. The fourth-order valence-corrected chi connectivity index (χ4v) is 4.83. The minimum atomic E-state index is -4.74. The number of carbonyl (C=O) groups is 1. The SMILES string of the molecule is N#CC1(COC(F)(C2CC2)S(=O)(=O)NC(=O)c2ccccc2)CCCCC1. The van der Waals surface area contributed by atoms with E-state index in [2.05, 4.69) is 6.07 Å². The molecule has 0 aliphatic heterocycles. The van der Waals surface area contributed by atoms with Crippen molar-refractivity contribution in [3.05, 3.63) is 35.9 Å². The lowest BCUT2D eigenvalue weighted by atomic mass is 9.76. The van der Waals surface area contributed by atoms with E-state index >= 15 is 4.39 Å². The van der Waals surface area contributed by atoms with Crippen LogP contribution in [0.1, 0.15) is 55.3 Å². The number of carbonyl (C=O) groups excluding carboxylic acids is 1. The second-order valence-corrected chi connectivity index (χ2v) is 9.17. The normalized spacial score (nSPS) is 21.6. The van der Waals surface area contributed by atoms with Crippen molar-refractivity contribution in [1.82, 2.24) is 4.72 Å². The largest absolute Gasteiger partial charge is 0.333 e. The molecule has 6 nitrogen and oxygen atoms in total. The number of nitrogens with zero attached hydrogens (tertiary/aromatic N) is 1. The van der Waals surface area contributed by atoms with Crippen LogP contribution in [0.15, 0.2) is 30.3 Å². The molecule has 1 aromatic carbocycles. The molecule has 2 saturated carbocycles. The number of nitrogens with one attached hydrogen (secondary N) is 1. The maximum atomic E-state index is 15.6. The lowest BCUT2D eigenvalue weighted by Gasteiger charge is -2.34. The number of rotatable bonds is 7. The first-order chi connectivity index (χ1) is 12.8. The predicted octanol–water partition coefficient (Wildman–Crippen LogP) is 3.27. The zero-order valence-electron chi connectivity index (χ0n) is 15.0. The maximum Gasteiger partial charge on any atom is 0.333 e. The molecule has 1 aromatic rings. The molecule has 8 heteroatoms. The Labute approximate surface area is 158 Å². The van der Waals surface area contributed by atoms with Crippen LogP contribution in [0.25, 0.3) is 0 Å². The van der Waals surface area contributed by atoms with E-state index in [1.807, 2.05) is 0 Å². The van der Waals surface area contributed by atoms with Gasteiger partial charge in [0.2, 0.25) is 0 Å². The van der Waals surface area contributed by atoms with Crippen LogP contribution in [0.5, 0.6) is 0 Å². The standard InChI is InChI=1S/C19H23FN2O4S/c20-19(16-9-10-16,26-14-18(13-21)11-5-2-6-12-18)27(24,25)22-17(23)15-7-3-1-4-8-15/h1,3-4,7-8,16H,2,5-6,9-12,14H2,(H,22,23). The quantitative estimate of drug-likeness (QED) is 0.766. The number of hydrogen-bond acceptors (Lipinski definition) is 5. The molecule has 0 saturated heterocycles. The molecule has 146 valence electrons. The maximum absolute atomic E-state index is 15.6. The van der Waals surface area contributed by atoms with Crippen LogP contribution in [-0.2, 0) is 14.8 Å². The van der Waals surface area contributed by atoms with E-state index in [9.17, 15) is 18.5 Å². The zero-order valence-corrected chi connectivity index (χ0v) is 15.8. The third kappa shape index (κ3) is 4.14. The summed E-state index contributed by atoms with van der Waals surface area (Å²) in [5.74, 6) is -1.74. The lowest BCUT2D eigenvalue weighted by molar-refractivity contribution is -0.118. The molecule has 1 N–H and O–H groups in total. The number of alkyl halides is 1. The molecule has 0 bridgehead atoms. The summed E-state index contributed by atoms with van der Waals surface area (Å²) in [4.78, 5) is 12.2. The molecule has 2 fully saturated rings. The number of halogens is 1. The van der Waals surface area contributed by atoms with Crippen LogP contribution in [0.2, 0.25) is 0 Å². The van der Waals surface area contributed by atoms with Gasteiger partial charge in [0.15, 0.2) is 0 Å². The molecule has 1 atom stereocenters. The van der Waals surface area contributed by atoms with Gasteiger partial charge in [0.25, 0.3) is 15.9 Å². The van der Waals surface area contributed by atoms with Gasteiger partial charge < -0.3 is 4.74 Å². The average molecular weight is 394 g/mol. The summed E-state index contributed by atoms with van der Waals surface area (Å²) in [5, 5.41) is 6.50. The Bertz CT molecular complexity index is 827. The summed E-state index contributed by atoms with van der Waals surface area (Å²) in [7, 11) is -4.74. The Kier molecular flexibility index (Phi) is 5.54. The van der Waals surface area contributed by atoms with Gasteiger partial charge in [-0.25, -0.2) is 13.1 Å². The Hall–Kier alpha value is -1.98. The smallest absolute Gasteiger partial charge is 0.331 e. The van der Waals surface area contributed by atoms with Crippen molar-refractivity contribution in [2.45, 2.75) is 50.1 Å². The van der Waals surface area contributed by atoms with E-state index in [1.54, 1.807) is 22.9 Å². The van der Waals surface area contributed by atoms with Gasteiger partial charge in [0, 0.05) is 11.5 Å². The van der Waals surface area contributed by atoms with Crippen LogP contribution in [0.4, 0.5) is 4.39 Å². The first kappa shape index (κ1) is 19.8. The number of sulfonamides is 1. The van der Waals surface area contributed by atoms with E-state index in [1.165, 1.54) is 12.1 Å². The second kappa shape index (κ2) is 7.56. The van der Waals surface area contributed by atoms with Gasteiger partial charge in [-0.15, -0.1) is 0 Å². The van der Waals surface area contributed by atoms with Gasteiger partial charge in [-0.3, -0.25) is 4.79 Å². The zero-order chi connectivity index (χ0) is 19.5. The summed E-state index contributed by atoms with van der Waals surface area (Å²) < 4.78 is 48.0. The van der Waals surface area contributed by atoms with Gasteiger partial charge in [-0.2, -0.15) is 9.65 Å². The van der Waals surface area contributed by atoms with Crippen molar-refractivity contribution in [1.29, 1.82) is 5.26 Å². The molecule has 2 aliphatic carbocycles. The van der Waals surface area contributed by atoms with Crippen molar-refractivity contribution in [2.24, 2.45) is 11.3 Å². The minimum absolute atomic E-state index is 0.111. The Balaban J connectivity index is 1.76. The lowest BCUT2D eigenvalue weighted by Crippen LogP contribution is -2.50. The highest BCUT2D eigenvalue weighted by atomic mass is 32.2. The Morgan fingerprint density at radius 1 is 1.26 bits per heavy atom. The molecular weight excluding hydrogens is 371 g/mol. The summed E-state index contributed by atoms with van der Waals surface area (Å²) in [5.41, 5.74) is -0.760. The Morgan fingerprint density at radius 3 is 2.44 bits per heavy atom. The number of hydrogen-bond donors (Lipinski definition) is 1. The fraction of sp³-hybridized carbons (Fsp3) is 0.579.